The zero-order valence-corrected chi connectivity index (χ0v) is 13.2. The van der Waals surface area contributed by atoms with Crippen molar-refractivity contribution in [1.82, 2.24) is 9.55 Å². The molecule has 1 aromatic carbocycles. The molecule has 0 aliphatic heterocycles. The van der Waals surface area contributed by atoms with E-state index in [0.29, 0.717) is 28.1 Å². The monoisotopic (exact) mass is 307 g/mol. The molecule has 112 valence electrons. The first-order valence-electron chi connectivity index (χ1n) is 7.12. The van der Waals surface area contributed by atoms with Crippen molar-refractivity contribution in [3.63, 3.8) is 0 Å². The second kappa shape index (κ2) is 4.73. The molecule has 0 saturated heterocycles. The summed E-state index contributed by atoms with van der Waals surface area (Å²) in [4.78, 5) is 4.66. The molecule has 2 aromatic rings. The molecule has 1 heterocycles. The van der Waals surface area contributed by atoms with Crippen LogP contribution in [0, 0.1) is 5.82 Å². The third-order valence-electron chi connectivity index (χ3n) is 3.72. The van der Waals surface area contributed by atoms with Gasteiger partial charge in [0.25, 0.3) is 0 Å². The lowest BCUT2D eigenvalue weighted by molar-refractivity contribution is 0.504. The number of rotatable bonds is 2. The highest BCUT2D eigenvalue weighted by Crippen LogP contribution is 2.43. The third-order valence-corrected chi connectivity index (χ3v) is 3.95. The Morgan fingerprint density at radius 1 is 1.33 bits per heavy atom. The van der Waals surface area contributed by atoms with Crippen LogP contribution in [-0.4, -0.2) is 9.55 Å². The average molecular weight is 308 g/mol. The second-order valence-electron chi connectivity index (χ2n) is 6.64. The summed E-state index contributed by atoms with van der Waals surface area (Å²) < 4.78 is 16.3. The van der Waals surface area contributed by atoms with Crippen molar-refractivity contribution in [3.8, 4) is 11.3 Å². The first-order valence-corrected chi connectivity index (χ1v) is 7.50. The lowest BCUT2D eigenvalue weighted by atomic mass is 9.95. The van der Waals surface area contributed by atoms with Gasteiger partial charge >= 0.3 is 0 Å². The molecule has 21 heavy (non-hydrogen) atoms. The van der Waals surface area contributed by atoms with E-state index >= 15 is 0 Å². The van der Waals surface area contributed by atoms with Gasteiger partial charge in [0.2, 0.25) is 0 Å². The lowest BCUT2D eigenvalue weighted by Crippen LogP contribution is -2.19. The lowest BCUT2D eigenvalue weighted by Gasteiger charge is -2.20. The number of hydrogen-bond acceptors (Lipinski definition) is 2. The summed E-state index contributed by atoms with van der Waals surface area (Å²) in [6.07, 6.45) is 2.21. The summed E-state index contributed by atoms with van der Waals surface area (Å²) >= 11 is 5.82. The minimum Gasteiger partial charge on any atom is -0.383 e. The molecule has 0 bridgehead atoms. The summed E-state index contributed by atoms with van der Waals surface area (Å²) in [5.41, 5.74) is 7.06. The standard InChI is InChI=1S/C16H19ClFN3/c1-16(2,3)15-20-13(14(19)21(15)10-5-6-10)11-7-4-9(17)8-12(11)18/h4,7-8,10H,5-6,19H2,1-3H3. The largest absolute Gasteiger partial charge is 0.383 e. The SMILES string of the molecule is CC(C)(C)c1nc(-c2ccc(Cl)cc2F)c(N)n1C1CC1. The van der Waals surface area contributed by atoms with Crippen LogP contribution in [0.15, 0.2) is 18.2 Å². The third kappa shape index (κ3) is 2.53. The number of halogens is 2. The van der Waals surface area contributed by atoms with Crippen LogP contribution in [0.25, 0.3) is 11.3 Å². The van der Waals surface area contributed by atoms with Crippen LogP contribution in [0.1, 0.15) is 45.5 Å². The maximum Gasteiger partial charge on any atom is 0.134 e. The molecule has 0 atom stereocenters. The van der Waals surface area contributed by atoms with Gasteiger partial charge in [0.05, 0.1) is 0 Å². The zero-order chi connectivity index (χ0) is 15.4. The molecule has 1 aromatic heterocycles. The van der Waals surface area contributed by atoms with Gasteiger partial charge in [0.1, 0.15) is 23.2 Å². The number of aromatic nitrogens is 2. The number of imidazole rings is 1. The number of hydrogen-bond donors (Lipinski definition) is 1. The Morgan fingerprint density at radius 3 is 2.52 bits per heavy atom. The molecule has 1 aliphatic carbocycles. The molecule has 5 heteroatoms. The van der Waals surface area contributed by atoms with Gasteiger partial charge in [-0.3, -0.25) is 0 Å². The summed E-state index contributed by atoms with van der Waals surface area (Å²) in [6, 6.07) is 4.99. The zero-order valence-electron chi connectivity index (χ0n) is 12.5. The van der Waals surface area contributed by atoms with Gasteiger partial charge in [-0.1, -0.05) is 32.4 Å². The van der Waals surface area contributed by atoms with E-state index in [1.165, 1.54) is 6.07 Å². The first-order chi connectivity index (χ1) is 9.79. The van der Waals surface area contributed by atoms with Crippen LogP contribution < -0.4 is 5.73 Å². The molecule has 1 saturated carbocycles. The summed E-state index contributed by atoms with van der Waals surface area (Å²) in [7, 11) is 0. The van der Waals surface area contributed by atoms with Crippen molar-refractivity contribution in [2.45, 2.75) is 45.1 Å². The Balaban J connectivity index is 2.20. The molecule has 1 aliphatic rings. The van der Waals surface area contributed by atoms with Gasteiger partial charge in [-0.25, -0.2) is 9.37 Å². The summed E-state index contributed by atoms with van der Waals surface area (Å²) in [5, 5.41) is 0.368. The minimum absolute atomic E-state index is 0.141. The second-order valence-corrected chi connectivity index (χ2v) is 7.08. The maximum absolute atomic E-state index is 14.2. The molecule has 0 radical (unpaired) electrons. The Labute approximate surface area is 128 Å². The average Bonchev–Trinajstić information content (AvgIpc) is 3.13. The van der Waals surface area contributed by atoms with Crippen LogP contribution in [0.3, 0.4) is 0 Å². The highest BCUT2D eigenvalue weighted by molar-refractivity contribution is 6.30. The van der Waals surface area contributed by atoms with Gasteiger partial charge in [-0.2, -0.15) is 0 Å². The number of nitrogens with zero attached hydrogens (tertiary/aromatic N) is 2. The normalized spacial score (nSPS) is 15.5. The maximum atomic E-state index is 14.2. The fraction of sp³-hybridized carbons (Fsp3) is 0.438. The van der Waals surface area contributed by atoms with E-state index in [1.807, 2.05) is 0 Å². The van der Waals surface area contributed by atoms with Gasteiger partial charge < -0.3 is 10.3 Å². The first kappa shape index (κ1) is 14.4. The van der Waals surface area contributed by atoms with Crippen LogP contribution in [0.2, 0.25) is 5.02 Å². The number of benzene rings is 1. The molecular weight excluding hydrogens is 289 g/mol. The van der Waals surface area contributed by atoms with Crippen LogP contribution in [0.5, 0.6) is 0 Å². The molecule has 0 unspecified atom stereocenters. The van der Waals surface area contributed by atoms with E-state index in [1.54, 1.807) is 12.1 Å². The predicted molar refractivity (Wildman–Crippen MR) is 84.0 cm³/mol. The predicted octanol–water partition coefficient (Wildman–Crippen LogP) is 4.56. The van der Waals surface area contributed by atoms with Gasteiger partial charge in [0, 0.05) is 22.0 Å². The van der Waals surface area contributed by atoms with Gasteiger partial charge in [-0.15, -0.1) is 0 Å². The van der Waals surface area contributed by atoms with Gasteiger partial charge in [0.15, 0.2) is 0 Å². The van der Waals surface area contributed by atoms with E-state index in [0.717, 1.165) is 18.7 Å². The van der Waals surface area contributed by atoms with Crippen LogP contribution >= 0.6 is 11.6 Å². The molecular formula is C16H19ClFN3. The van der Waals surface area contributed by atoms with Crippen LogP contribution in [-0.2, 0) is 5.41 Å². The van der Waals surface area contributed by atoms with E-state index < -0.39 is 5.82 Å². The fourth-order valence-electron chi connectivity index (χ4n) is 2.56. The van der Waals surface area contributed by atoms with Crippen molar-refractivity contribution in [3.05, 3.63) is 34.9 Å². The number of nitrogens with two attached hydrogens (primary N) is 1. The minimum atomic E-state index is -0.393. The fourth-order valence-corrected chi connectivity index (χ4v) is 2.72. The van der Waals surface area contributed by atoms with E-state index in [4.69, 9.17) is 17.3 Å². The quantitative estimate of drug-likeness (QED) is 0.884. The summed E-state index contributed by atoms with van der Waals surface area (Å²) in [5.74, 6) is 1.06. The smallest absolute Gasteiger partial charge is 0.134 e. The molecule has 1 fully saturated rings. The highest BCUT2D eigenvalue weighted by Gasteiger charge is 2.34. The Morgan fingerprint density at radius 2 is 2.00 bits per heavy atom. The number of anilines is 1. The topological polar surface area (TPSA) is 43.8 Å². The molecule has 3 rings (SSSR count). The highest BCUT2D eigenvalue weighted by atomic mass is 35.5. The van der Waals surface area contributed by atoms with Gasteiger partial charge in [-0.05, 0) is 31.0 Å². The van der Waals surface area contributed by atoms with Crippen molar-refractivity contribution in [2.75, 3.05) is 5.73 Å². The summed E-state index contributed by atoms with van der Waals surface area (Å²) in [6.45, 7) is 6.28. The van der Waals surface area contributed by atoms with E-state index in [9.17, 15) is 4.39 Å². The van der Waals surface area contributed by atoms with Crippen molar-refractivity contribution >= 4 is 17.4 Å². The van der Waals surface area contributed by atoms with Crippen LogP contribution in [0.4, 0.5) is 10.2 Å². The molecule has 3 nitrogen and oxygen atoms in total. The Bertz CT molecular complexity index is 696. The Hall–Kier alpha value is -1.55. The van der Waals surface area contributed by atoms with Crippen molar-refractivity contribution < 1.29 is 4.39 Å². The van der Waals surface area contributed by atoms with E-state index in [2.05, 4.69) is 30.3 Å². The van der Waals surface area contributed by atoms with Crippen molar-refractivity contribution in [1.29, 1.82) is 0 Å². The van der Waals surface area contributed by atoms with E-state index in [-0.39, 0.29) is 5.41 Å². The Kier molecular flexibility index (Phi) is 3.24. The molecule has 0 amide bonds. The molecule has 0 spiro atoms. The molecule has 2 N–H and O–H groups in total. The number of nitrogen functional groups attached to an aromatic ring is 1. The van der Waals surface area contributed by atoms with Crippen molar-refractivity contribution in [2.24, 2.45) is 0 Å².